The first kappa shape index (κ1) is 14.1. The van der Waals surface area contributed by atoms with Crippen LogP contribution >= 0.6 is 0 Å². The summed E-state index contributed by atoms with van der Waals surface area (Å²) in [6, 6.07) is 10.0. The molecule has 0 N–H and O–H groups in total. The fourth-order valence-corrected chi connectivity index (χ4v) is 1.79. The Hall–Kier alpha value is -3.32. The standard InChI is InChI=1S/C14H10N4O3/c1-17-12(19)10(8-16)13(18(2)14(17)20)21-11-6-4-3-5-9(11)7-15/h3-6H,1-2H3. The van der Waals surface area contributed by atoms with E-state index >= 15 is 0 Å². The van der Waals surface area contributed by atoms with Crippen molar-refractivity contribution < 1.29 is 4.74 Å². The van der Waals surface area contributed by atoms with Crippen molar-refractivity contribution in [1.82, 2.24) is 9.13 Å². The van der Waals surface area contributed by atoms with E-state index in [-0.39, 0.29) is 22.8 Å². The van der Waals surface area contributed by atoms with Crippen LogP contribution in [0.2, 0.25) is 0 Å². The Morgan fingerprint density at radius 2 is 1.71 bits per heavy atom. The highest BCUT2D eigenvalue weighted by molar-refractivity contribution is 5.46. The Labute approximate surface area is 119 Å². The van der Waals surface area contributed by atoms with Gasteiger partial charge in [0.1, 0.15) is 17.9 Å². The Morgan fingerprint density at radius 1 is 1.05 bits per heavy atom. The number of aromatic nitrogens is 2. The second-order valence-electron chi connectivity index (χ2n) is 4.21. The van der Waals surface area contributed by atoms with E-state index in [1.807, 2.05) is 6.07 Å². The maximum atomic E-state index is 11.9. The summed E-state index contributed by atoms with van der Waals surface area (Å²) in [4.78, 5) is 23.8. The minimum Gasteiger partial charge on any atom is -0.438 e. The van der Waals surface area contributed by atoms with Crippen molar-refractivity contribution in [1.29, 1.82) is 10.5 Å². The van der Waals surface area contributed by atoms with Gasteiger partial charge in [-0.2, -0.15) is 10.5 Å². The van der Waals surface area contributed by atoms with Gasteiger partial charge >= 0.3 is 5.69 Å². The van der Waals surface area contributed by atoms with Crippen LogP contribution in [0.15, 0.2) is 33.9 Å². The number of ether oxygens (including phenoxy) is 1. The highest BCUT2D eigenvalue weighted by Gasteiger charge is 2.18. The van der Waals surface area contributed by atoms with Gasteiger partial charge in [0.25, 0.3) is 5.56 Å². The summed E-state index contributed by atoms with van der Waals surface area (Å²) < 4.78 is 7.35. The number of benzene rings is 1. The lowest BCUT2D eigenvalue weighted by Gasteiger charge is -2.13. The average molecular weight is 282 g/mol. The van der Waals surface area contributed by atoms with E-state index < -0.39 is 11.2 Å². The van der Waals surface area contributed by atoms with Crippen LogP contribution in [0.5, 0.6) is 11.6 Å². The highest BCUT2D eigenvalue weighted by Crippen LogP contribution is 2.24. The maximum Gasteiger partial charge on any atom is 0.333 e. The third kappa shape index (κ3) is 2.28. The van der Waals surface area contributed by atoms with Crippen molar-refractivity contribution in [3.8, 4) is 23.8 Å². The van der Waals surface area contributed by atoms with E-state index in [9.17, 15) is 9.59 Å². The van der Waals surface area contributed by atoms with Crippen molar-refractivity contribution in [3.05, 3.63) is 56.2 Å². The zero-order chi connectivity index (χ0) is 15.6. The van der Waals surface area contributed by atoms with Crippen molar-refractivity contribution in [2.45, 2.75) is 0 Å². The predicted molar refractivity (Wildman–Crippen MR) is 72.9 cm³/mol. The van der Waals surface area contributed by atoms with E-state index in [0.29, 0.717) is 0 Å². The monoisotopic (exact) mass is 282 g/mol. The highest BCUT2D eigenvalue weighted by atomic mass is 16.5. The minimum atomic E-state index is -0.745. The van der Waals surface area contributed by atoms with Gasteiger partial charge in [-0.15, -0.1) is 0 Å². The maximum absolute atomic E-state index is 11.9. The predicted octanol–water partition coefficient (Wildman–Crippen LogP) is 0.620. The third-order valence-electron chi connectivity index (χ3n) is 2.94. The van der Waals surface area contributed by atoms with Gasteiger partial charge in [-0.1, -0.05) is 12.1 Å². The number of hydrogen-bond acceptors (Lipinski definition) is 5. The molecule has 2 rings (SSSR count). The van der Waals surface area contributed by atoms with Gasteiger partial charge in [-0.05, 0) is 12.1 Å². The molecule has 1 aromatic carbocycles. The quantitative estimate of drug-likeness (QED) is 0.803. The largest absolute Gasteiger partial charge is 0.438 e. The summed E-state index contributed by atoms with van der Waals surface area (Å²) in [7, 11) is 2.66. The van der Waals surface area contributed by atoms with Crippen molar-refractivity contribution in [3.63, 3.8) is 0 Å². The fraction of sp³-hybridized carbons (Fsp3) is 0.143. The van der Waals surface area contributed by atoms with Gasteiger partial charge < -0.3 is 4.74 Å². The second kappa shape index (κ2) is 5.35. The summed E-state index contributed by atoms with van der Waals surface area (Å²) in [6.45, 7) is 0. The third-order valence-corrected chi connectivity index (χ3v) is 2.94. The molecule has 0 atom stereocenters. The summed E-state index contributed by atoms with van der Waals surface area (Å²) in [5.41, 5.74) is -1.43. The molecule has 0 saturated carbocycles. The molecule has 7 heteroatoms. The molecule has 1 heterocycles. The van der Waals surface area contributed by atoms with Crippen LogP contribution in [0.25, 0.3) is 0 Å². The Bertz CT molecular complexity index is 910. The molecule has 0 aliphatic rings. The van der Waals surface area contributed by atoms with E-state index in [2.05, 4.69) is 0 Å². The van der Waals surface area contributed by atoms with Crippen molar-refractivity contribution >= 4 is 0 Å². The molecule has 7 nitrogen and oxygen atoms in total. The lowest BCUT2D eigenvalue weighted by molar-refractivity contribution is 0.420. The first-order chi connectivity index (χ1) is 10.0. The smallest absolute Gasteiger partial charge is 0.333 e. The Kier molecular flexibility index (Phi) is 3.59. The lowest BCUT2D eigenvalue weighted by Crippen LogP contribution is -2.38. The molecule has 0 radical (unpaired) electrons. The molecule has 0 bridgehead atoms. The molecule has 21 heavy (non-hydrogen) atoms. The van der Waals surface area contributed by atoms with E-state index in [1.165, 1.54) is 26.2 Å². The van der Waals surface area contributed by atoms with Crippen molar-refractivity contribution in [2.75, 3.05) is 0 Å². The molecule has 0 aliphatic heterocycles. The van der Waals surface area contributed by atoms with Crippen LogP contribution in [-0.2, 0) is 14.1 Å². The lowest BCUT2D eigenvalue weighted by atomic mass is 10.2. The number of para-hydroxylation sites is 1. The molecular formula is C14H10N4O3. The Morgan fingerprint density at radius 3 is 2.33 bits per heavy atom. The molecule has 104 valence electrons. The molecule has 0 fully saturated rings. The zero-order valence-electron chi connectivity index (χ0n) is 11.3. The number of nitriles is 2. The number of hydrogen-bond donors (Lipinski definition) is 0. The molecule has 1 aromatic heterocycles. The van der Waals surface area contributed by atoms with Crippen LogP contribution in [0.1, 0.15) is 11.1 Å². The van der Waals surface area contributed by atoms with Crippen LogP contribution in [0.4, 0.5) is 0 Å². The SMILES string of the molecule is Cn1c(Oc2ccccc2C#N)c(C#N)c(=O)n(C)c1=O. The minimum absolute atomic E-state index is 0.166. The van der Waals surface area contributed by atoms with E-state index in [4.69, 9.17) is 15.3 Å². The molecule has 0 unspecified atom stereocenters. The first-order valence-corrected chi connectivity index (χ1v) is 5.88. The molecule has 0 spiro atoms. The Balaban J connectivity index is 2.72. The van der Waals surface area contributed by atoms with Crippen LogP contribution in [0.3, 0.4) is 0 Å². The van der Waals surface area contributed by atoms with E-state index in [0.717, 1.165) is 9.13 Å². The van der Waals surface area contributed by atoms with Crippen LogP contribution in [0, 0.1) is 22.7 Å². The fourth-order valence-electron chi connectivity index (χ4n) is 1.79. The second-order valence-corrected chi connectivity index (χ2v) is 4.21. The molecule has 0 aliphatic carbocycles. The van der Waals surface area contributed by atoms with Gasteiger partial charge in [0.05, 0.1) is 5.56 Å². The van der Waals surface area contributed by atoms with Crippen LogP contribution < -0.4 is 16.0 Å². The normalized spacial score (nSPS) is 9.71. The van der Waals surface area contributed by atoms with Gasteiger partial charge in [0.2, 0.25) is 5.88 Å². The van der Waals surface area contributed by atoms with Gasteiger partial charge in [0, 0.05) is 14.1 Å². The molecule has 0 amide bonds. The summed E-state index contributed by atoms with van der Waals surface area (Å²) in [5, 5.41) is 18.1. The van der Waals surface area contributed by atoms with Gasteiger partial charge in [0.15, 0.2) is 5.56 Å². The summed E-state index contributed by atoms with van der Waals surface area (Å²) >= 11 is 0. The number of rotatable bonds is 2. The molecular weight excluding hydrogens is 272 g/mol. The van der Waals surface area contributed by atoms with Gasteiger partial charge in [-0.3, -0.25) is 13.9 Å². The summed E-state index contributed by atoms with van der Waals surface area (Å²) in [5.74, 6) is -0.0203. The molecule has 0 saturated heterocycles. The zero-order valence-corrected chi connectivity index (χ0v) is 11.3. The topological polar surface area (TPSA) is 101 Å². The van der Waals surface area contributed by atoms with Gasteiger partial charge in [-0.25, -0.2) is 4.79 Å². The number of nitrogens with zero attached hydrogens (tertiary/aromatic N) is 4. The molecule has 2 aromatic rings. The first-order valence-electron chi connectivity index (χ1n) is 5.88. The average Bonchev–Trinajstić information content (AvgIpc) is 2.51. The summed E-state index contributed by atoms with van der Waals surface area (Å²) in [6.07, 6.45) is 0. The van der Waals surface area contributed by atoms with E-state index in [1.54, 1.807) is 18.2 Å². The van der Waals surface area contributed by atoms with Crippen LogP contribution in [-0.4, -0.2) is 9.13 Å². The van der Waals surface area contributed by atoms with Crippen molar-refractivity contribution in [2.24, 2.45) is 14.1 Å².